The Kier molecular flexibility index (Phi) is 5.99. The molecule has 0 bridgehead atoms. The Balaban J connectivity index is 2.80. The molecule has 0 spiro atoms. The van der Waals surface area contributed by atoms with E-state index in [0.717, 1.165) is 18.7 Å². The maximum Gasteiger partial charge on any atom is 0.255 e. The van der Waals surface area contributed by atoms with Gasteiger partial charge in [-0.15, -0.1) is 0 Å². The van der Waals surface area contributed by atoms with Crippen LogP contribution in [-0.2, 0) is 0 Å². The number of nitrogens with one attached hydrogen (secondary N) is 1. The molecule has 0 saturated heterocycles. The molecule has 0 aliphatic heterocycles. The van der Waals surface area contributed by atoms with Gasteiger partial charge in [0.2, 0.25) is 0 Å². The fourth-order valence-corrected chi connectivity index (χ4v) is 1.86. The highest BCUT2D eigenvalue weighted by Gasteiger charge is 2.13. The van der Waals surface area contributed by atoms with Crippen molar-refractivity contribution in [1.29, 1.82) is 0 Å². The first-order valence-corrected chi connectivity index (χ1v) is 6.69. The third-order valence-electron chi connectivity index (χ3n) is 2.71. The number of amides is 1. The molecule has 0 fully saturated rings. The molecular formula is C14H21ClN2O. The van der Waals surface area contributed by atoms with Gasteiger partial charge in [-0.25, -0.2) is 0 Å². The van der Waals surface area contributed by atoms with E-state index in [1.165, 1.54) is 12.8 Å². The van der Waals surface area contributed by atoms with Crippen LogP contribution >= 0.6 is 11.6 Å². The third-order valence-corrected chi connectivity index (χ3v) is 2.95. The summed E-state index contributed by atoms with van der Waals surface area (Å²) >= 11 is 5.98. The number of unbranched alkanes of at least 4 members (excludes halogenated alkanes) is 2. The molecule has 0 aromatic heterocycles. The van der Waals surface area contributed by atoms with Gasteiger partial charge >= 0.3 is 0 Å². The zero-order valence-electron chi connectivity index (χ0n) is 11.3. The minimum atomic E-state index is -0.00958. The molecule has 0 atom stereocenters. The first-order chi connectivity index (χ1) is 8.56. The fourth-order valence-electron chi connectivity index (χ4n) is 1.69. The monoisotopic (exact) mass is 268 g/mol. The molecule has 100 valence electrons. The van der Waals surface area contributed by atoms with Crippen molar-refractivity contribution in [2.45, 2.75) is 26.2 Å². The second kappa shape index (κ2) is 7.27. The van der Waals surface area contributed by atoms with Gasteiger partial charge in [-0.1, -0.05) is 31.4 Å². The number of carbonyl (C=O) groups excluding carboxylic acids is 1. The van der Waals surface area contributed by atoms with Crippen LogP contribution in [0.25, 0.3) is 0 Å². The number of benzene rings is 1. The number of hydrogen-bond donors (Lipinski definition) is 1. The van der Waals surface area contributed by atoms with Crippen LogP contribution in [0, 0.1) is 0 Å². The highest BCUT2D eigenvalue weighted by Crippen LogP contribution is 2.22. The normalized spacial score (nSPS) is 10.2. The van der Waals surface area contributed by atoms with Crippen molar-refractivity contribution in [3.05, 3.63) is 28.8 Å². The molecule has 18 heavy (non-hydrogen) atoms. The van der Waals surface area contributed by atoms with E-state index in [1.807, 2.05) is 6.07 Å². The zero-order valence-corrected chi connectivity index (χ0v) is 12.0. The van der Waals surface area contributed by atoms with Gasteiger partial charge in [0.15, 0.2) is 0 Å². The Morgan fingerprint density at radius 1 is 1.33 bits per heavy atom. The van der Waals surface area contributed by atoms with Gasteiger partial charge in [0.05, 0.1) is 5.56 Å². The van der Waals surface area contributed by atoms with Gasteiger partial charge in [0.1, 0.15) is 0 Å². The molecule has 1 rings (SSSR count). The Morgan fingerprint density at radius 2 is 2.06 bits per heavy atom. The average molecular weight is 269 g/mol. The molecule has 0 aliphatic rings. The van der Waals surface area contributed by atoms with Crippen LogP contribution in [0.5, 0.6) is 0 Å². The number of anilines is 1. The summed E-state index contributed by atoms with van der Waals surface area (Å²) in [6.07, 6.45) is 3.46. The lowest BCUT2D eigenvalue weighted by Gasteiger charge is -2.15. The molecule has 4 heteroatoms. The van der Waals surface area contributed by atoms with Crippen LogP contribution in [0.3, 0.4) is 0 Å². The van der Waals surface area contributed by atoms with Crippen molar-refractivity contribution in [3.8, 4) is 0 Å². The number of carbonyl (C=O) groups is 1. The first kappa shape index (κ1) is 14.8. The van der Waals surface area contributed by atoms with E-state index in [4.69, 9.17) is 11.6 Å². The predicted octanol–water partition coefficient (Wildman–Crippen LogP) is 3.64. The summed E-state index contributed by atoms with van der Waals surface area (Å²) < 4.78 is 0. The van der Waals surface area contributed by atoms with Gasteiger partial charge < -0.3 is 10.2 Å². The standard InChI is InChI=1S/C14H21ClN2O/c1-4-5-6-9-16-13-10-11(15)7-8-12(13)14(18)17(2)3/h7-8,10,16H,4-6,9H2,1-3H3. The summed E-state index contributed by atoms with van der Waals surface area (Å²) in [6, 6.07) is 5.33. The Hall–Kier alpha value is -1.22. The summed E-state index contributed by atoms with van der Waals surface area (Å²) in [6.45, 7) is 3.03. The maximum absolute atomic E-state index is 12.0. The van der Waals surface area contributed by atoms with Gasteiger partial charge in [0.25, 0.3) is 5.91 Å². The van der Waals surface area contributed by atoms with E-state index >= 15 is 0 Å². The van der Waals surface area contributed by atoms with Crippen molar-refractivity contribution in [3.63, 3.8) is 0 Å². The molecule has 1 N–H and O–H groups in total. The minimum Gasteiger partial charge on any atom is -0.384 e. The van der Waals surface area contributed by atoms with Crippen molar-refractivity contribution in [1.82, 2.24) is 4.90 Å². The Bertz CT molecular complexity index is 405. The third kappa shape index (κ3) is 4.22. The van der Waals surface area contributed by atoms with Crippen LogP contribution in [0.15, 0.2) is 18.2 Å². The molecule has 0 saturated carbocycles. The van der Waals surface area contributed by atoms with E-state index in [2.05, 4.69) is 12.2 Å². The molecule has 0 aliphatic carbocycles. The summed E-state index contributed by atoms with van der Waals surface area (Å²) in [5, 5.41) is 3.93. The Morgan fingerprint density at radius 3 is 2.67 bits per heavy atom. The lowest BCUT2D eigenvalue weighted by molar-refractivity contribution is 0.0828. The van der Waals surface area contributed by atoms with Gasteiger partial charge in [0, 0.05) is 31.4 Å². The lowest BCUT2D eigenvalue weighted by Crippen LogP contribution is -2.23. The molecule has 0 radical (unpaired) electrons. The topological polar surface area (TPSA) is 32.3 Å². The molecule has 0 unspecified atom stereocenters. The maximum atomic E-state index is 12.0. The van der Waals surface area contributed by atoms with E-state index in [9.17, 15) is 4.79 Å². The molecule has 1 amide bonds. The quantitative estimate of drug-likeness (QED) is 0.799. The highest BCUT2D eigenvalue weighted by molar-refractivity contribution is 6.31. The number of nitrogens with zero attached hydrogens (tertiary/aromatic N) is 1. The zero-order chi connectivity index (χ0) is 13.5. The minimum absolute atomic E-state index is 0.00958. The average Bonchev–Trinajstić information content (AvgIpc) is 2.34. The van der Waals surface area contributed by atoms with E-state index in [-0.39, 0.29) is 5.91 Å². The van der Waals surface area contributed by atoms with Gasteiger partial charge in [-0.2, -0.15) is 0 Å². The summed E-state index contributed by atoms with van der Waals surface area (Å²) in [4.78, 5) is 13.6. The molecule has 3 nitrogen and oxygen atoms in total. The van der Waals surface area contributed by atoms with E-state index < -0.39 is 0 Å². The van der Waals surface area contributed by atoms with Crippen LogP contribution < -0.4 is 5.32 Å². The smallest absolute Gasteiger partial charge is 0.255 e. The molecular weight excluding hydrogens is 248 g/mol. The molecule has 1 aromatic carbocycles. The number of hydrogen-bond acceptors (Lipinski definition) is 2. The van der Waals surface area contributed by atoms with E-state index in [0.29, 0.717) is 10.6 Å². The first-order valence-electron chi connectivity index (χ1n) is 6.31. The van der Waals surface area contributed by atoms with Crippen LogP contribution in [0.2, 0.25) is 5.02 Å². The molecule has 1 aromatic rings. The van der Waals surface area contributed by atoms with Crippen molar-refractivity contribution in [2.24, 2.45) is 0 Å². The summed E-state index contributed by atoms with van der Waals surface area (Å²) in [5.74, 6) is -0.00958. The van der Waals surface area contributed by atoms with Crippen molar-refractivity contribution in [2.75, 3.05) is 26.0 Å². The largest absolute Gasteiger partial charge is 0.384 e. The predicted molar refractivity (Wildman–Crippen MR) is 77.5 cm³/mol. The van der Waals surface area contributed by atoms with Crippen LogP contribution in [0.1, 0.15) is 36.5 Å². The van der Waals surface area contributed by atoms with E-state index in [1.54, 1.807) is 31.1 Å². The van der Waals surface area contributed by atoms with Gasteiger partial charge in [-0.3, -0.25) is 4.79 Å². The molecule has 0 heterocycles. The van der Waals surface area contributed by atoms with Crippen LogP contribution in [0.4, 0.5) is 5.69 Å². The van der Waals surface area contributed by atoms with Gasteiger partial charge in [-0.05, 0) is 24.6 Å². The second-order valence-corrected chi connectivity index (χ2v) is 4.96. The highest BCUT2D eigenvalue weighted by atomic mass is 35.5. The summed E-state index contributed by atoms with van der Waals surface area (Å²) in [5.41, 5.74) is 1.48. The van der Waals surface area contributed by atoms with Crippen molar-refractivity contribution < 1.29 is 4.79 Å². The fraction of sp³-hybridized carbons (Fsp3) is 0.500. The number of halogens is 1. The summed E-state index contributed by atoms with van der Waals surface area (Å²) in [7, 11) is 3.50. The SMILES string of the molecule is CCCCCNc1cc(Cl)ccc1C(=O)N(C)C. The lowest BCUT2D eigenvalue weighted by atomic mass is 10.1. The second-order valence-electron chi connectivity index (χ2n) is 4.52. The van der Waals surface area contributed by atoms with Crippen molar-refractivity contribution >= 4 is 23.2 Å². The Labute approximate surface area is 114 Å². The number of rotatable bonds is 6. The van der Waals surface area contributed by atoms with Crippen LogP contribution in [-0.4, -0.2) is 31.4 Å².